The van der Waals surface area contributed by atoms with Gasteiger partial charge in [-0.05, 0) is 62.4 Å². The van der Waals surface area contributed by atoms with E-state index < -0.39 is 0 Å². The van der Waals surface area contributed by atoms with Crippen LogP contribution in [0.2, 0.25) is 0 Å². The van der Waals surface area contributed by atoms with Crippen molar-refractivity contribution in [3.63, 3.8) is 0 Å². The van der Waals surface area contributed by atoms with Gasteiger partial charge in [0.1, 0.15) is 5.01 Å². The molecule has 0 saturated carbocycles. The number of nitrogens with one attached hydrogen (secondary N) is 1. The number of benzene rings is 2. The van der Waals surface area contributed by atoms with Gasteiger partial charge >= 0.3 is 6.03 Å². The highest BCUT2D eigenvalue weighted by molar-refractivity contribution is 7.18. The average Bonchev–Trinajstić information content (AvgIpc) is 3.45. The Kier molecular flexibility index (Phi) is 5.83. The molecule has 3 heterocycles. The second-order valence-electron chi connectivity index (χ2n) is 8.79. The molecule has 6 nitrogen and oxygen atoms in total. The molecule has 2 aliphatic rings. The molecule has 2 atom stereocenters. The van der Waals surface area contributed by atoms with Crippen LogP contribution in [0.1, 0.15) is 42.3 Å². The number of para-hydroxylation sites is 1. The maximum Gasteiger partial charge on any atom is 0.321 e. The fraction of sp³-hybridized carbons (Fsp3) is 0.400. The maximum atomic E-state index is 13.5. The number of hydrogen-bond donors (Lipinski definition) is 1. The second kappa shape index (κ2) is 8.90. The second-order valence-corrected chi connectivity index (χ2v) is 9.86. The van der Waals surface area contributed by atoms with E-state index in [9.17, 15) is 9.59 Å². The largest absolute Gasteiger partial charge is 0.333 e. The first-order valence-electron chi connectivity index (χ1n) is 11.4. The van der Waals surface area contributed by atoms with Crippen molar-refractivity contribution in [3.8, 4) is 0 Å². The number of aromatic nitrogens is 1. The number of anilines is 1. The number of rotatable bonds is 3. The lowest BCUT2D eigenvalue weighted by atomic mass is 9.96. The maximum absolute atomic E-state index is 13.5. The van der Waals surface area contributed by atoms with Crippen LogP contribution < -0.4 is 5.32 Å². The van der Waals surface area contributed by atoms with Crippen LogP contribution in [0.4, 0.5) is 10.5 Å². The summed E-state index contributed by atoms with van der Waals surface area (Å²) in [5, 5.41) is 4.01. The summed E-state index contributed by atoms with van der Waals surface area (Å²) in [6.45, 7) is 3.93. The highest BCUT2D eigenvalue weighted by atomic mass is 32.1. The van der Waals surface area contributed by atoms with E-state index in [1.54, 1.807) is 16.2 Å². The minimum atomic E-state index is -0.151. The van der Waals surface area contributed by atoms with Crippen molar-refractivity contribution in [3.05, 3.63) is 59.1 Å². The van der Waals surface area contributed by atoms with Crippen molar-refractivity contribution in [2.75, 3.05) is 25.0 Å². The molecule has 7 heteroatoms. The smallest absolute Gasteiger partial charge is 0.321 e. The lowest BCUT2D eigenvalue weighted by Crippen LogP contribution is -2.47. The number of likely N-dealkylation sites (tertiary alicyclic amines) is 2. The van der Waals surface area contributed by atoms with E-state index in [-0.39, 0.29) is 23.9 Å². The molecule has 3 amide bonds. The molecule has 166 valence electrons. The SMILES string of the molecule is Cc1cccc(NC(=O)N2CCCC(C(=O)N3CCCC3c3nc4ccccc4s3)C2)c1. The molecule has 2 saturated heterocycles. The van der Waals surface area contributed by atoms with Gasteiger partial charge in [0.25, 0.3) is 0 Å². The van der Waals surface area contributed by atoms with Crippen molar-refractivity contribution >= 4 is 39.2 Å². The molecule has 2 fully saturated rings. The van der Waals surface area contributed by atoms with E-state index in [1.807, 2.05) is 54.3 Å². The Morgan fingerprint density at radius 1 is 1.06 bits per heavy atom. The highest BCUT2D eigenvalue weighted by Crippen LogP contribution is 2.38. The van der Waals surface area contributed by atoms with E-state index in [1.165, 1.54) is 4.70 Å². The Morgan fingerprint density at radius 3 is 2.75 bits per heavy atom. The van der Waals surface area contributed by atoms with Crippen molar-refractivity contribution in [2.45, 2.75) is 38.6 Å². The number of carbonyl (C=O) groups excluding carboxylic acids is 2. The number of fused-ring (bicyclic) bond motifs is 1. The molecule has 1 aromatic heterocycles. The highest BCUT2D eigenvalue weighted by Gasteiger charge is 2.38. The Morgan fingerprint density at radius 2 is 1.91 bits per heavy atom. The predicted molar refractivity (Wildman–Crippen MR) is 128 cm³/mol. The molecule has 2 unspecified atom stereocenters. The third-order valence-corrected chi connectivity index (χ3v) is 7.60. The molecule has 0 aliphatic carbocycles. The molecule has 2 aliphatic heterocycles. The first kappa shape index (κ1) is 20.9. The summed E-state index contributed by atoms with van der Waals surface area (Å²) in [6.07, 6.45) is 3.62. The average molecular weight is 449 g/mol. The van der Waals surface area contributed by atoms with Crippen LogP contribution in [0.5, 0.6) is 0 Å². The Bertz CT molecular complexity index is 1110. The quantitative estimate of drug-likeness (QED) is 0.598. The van der Waals surface area contributed by atoms with Gasteiger partial charge in [-0.2, -0.15) is 0 Å². The molecule has 32 heavy (non-hydrogen) atoms. The normalized spacial score (nSPS) is 21.2. The van der Waals surface area contributed by atoms with Gasteiger partial charge in [-0.15, -0.1) is 11.3 Å². The molecular formula is C25H28N4O2S. The molecule has 2 aromatic carbocycles. The summed E-state index contributed by atoms with van der Waals surface area (Å²) in [7, 11) is 0. The number of hydrogen-bond acceptors (Lipinski definition) is 4. The number of nitrogens with zero attached hydrogens (tertiary/aromatic N) is 3. The van der Waals surface area contributed by atoms with Crippen LogP contribution in [0.15, 0.2) is 48.5 Å². The molecular weight excluding hydrogens is 420 g/mol. The van der Waals surface area contributed by atoms with Crippen molar-refractivity contribution in [2.24, 2.45) is 5.92 Å². The van der Waals surface area contributed by atoms with E-state index in [4.69, 9.17) is 4.98 Å². The first-order chi connectivity index (χ1) is 15.6. The van der Waals surface area contributed by atoms with Crippen molar-refractivity contribution < 1.29 is 9.59 Å². The van der Waals surface area contributed by atoms with E-state index in [2.05, 4.69) is 11.4 Å². The van der Waals surface area contributed by atoms with Crippen LogP contribution >= 0.6 is 11.3 Å². The lowest BCUT2D eigenvalue weighted by Gasteiger charge is -2.35. The molecule has 0 radical (unpaired) electrons. The van der Waals surface area contributed by atoms with Crippen molar-refractivity contribution in [1.82, 2.24) is 14.8 Å². The van der Waals surface area contributed by atoms with E-state index in [0.717, 1.165) is 54.0 Å². The first-order valence-corrected chi connectivity index (χ1v) is 12.2. The minimum absolute atomic E-state index is 0.0522. The van der Waals surface area contributed by atoms with Gasteiger partial charge in [0.2, 0.25) is 5.91 Å². The Hall–Kier alpha value is -2.93. The zero-order valence-electron chi connectivity index (χ0n) is 18.3. The van der Waals surface area contributed by atoms with Gasteiger partial charge < -0.3 is 15.1 Å². The van der Waals surface area contributed by atoms with Gasteiger partial charge in [-0.3, -0.25) is 4.79 Å². The van der Waals surface area contributed by atoms with Crippen LogP contribution in [-0.4, -0.2) is 46.4 Å². The number of aryl methyl sites for hydroxylation is 1. The Balaban J connectivity index is 1.27. The van der Waals surface area contributed by atoms with Gasteiger partial charge in [-0.25, -0.2) is 9.78 Å². The minimum Gasteiger partial charge on any atom is -0.333 e. The summed E-state index contributed by atoms with van der Waals surface area (Å²) >= 11 is 1.69. The standard InChI is InChI=1S/C25H28N4O2S/c1-17-7-4-9-19(15-17)26-25(31)28-13-5-8-18(16-28)24(30)29-14-6-11-21(29)23-27-20-10-2-3-12-22(20)32-23/h2-4,7,9-10,12,15,18,21H,5-6,8,11,13-14,16H2,1H3,(H,26,31). The zero-order valence-corrected chi connectivity index (χ0v) is 19.1. The molecule has 0 spiro atoms. The van der Waals surface area contributed by atoms with Gasteiger partial charge in [0, 0.05) is 25.3 Å². The number of carbonyl (C=O) groups is 2. The summed E-state index contributed by atoms with van der Waals surface area (Å²) in [5.41, 5.74) is 2.90. The fourth-order valence-corrected chi connectivity index (χ4v) is 5.96. The van der Waals surface area contributed by atoms with Gasteiger partial charge in [-0.1, -0.05) is 24.3 Å². The summed E-state index contributed by atoms with van der Waals surface area (Å²) in [4.78, 5) is 35.0. The molecule has 0 bridgehead atoms. The lowest BCUT2D eigenvalue weighted by molar-refractivity contribution is -0.137. The number of urea groups is 1. The number of thiazole rings is 1. The van der Waals surface area contributed by atoms with Crippen LogP contribution in [-0.2, 0) is 4.79 Å². The van der Waals surface area contributed by atoms with E-state index >= 15 is 0 Å². The number of amides is 3. The van der Waals surface area contributed by atoms with E-state index in [0.29, 0.717) is 13.1 Å². The third-order valence-electron chi connectivity index (χ3n) is 6.46. The van der Waals surface area contributed by atoms with Crippen LogP contribution in [0, 0.1) is 12.8 Å². The monoisotopic (exact) mass is 448 g/mol. The zero-order chi connectivity index (χ0) is 22.1. The van der Waals surface area contributed by atoms with Gasteiger partial charge in [0.05, 0.1) is 22.2 Å². The molecule has 1 N–H and O–H groups in total. The third kappa shape index (κ3) is 4.21. The molecule has 5 rings (SSSR count). The van der Waals surface area contributed by atoms with Crippen molar-refractivity contribution in [1.29, 1.82) is 0 Å². The number of piperidine rings is 1. The van der Waals surface area contributed by atoms with Crippen LogP contribution in [0.25, 0.3) is 10.2 Å². The molecule has 3 aromatic rings. The predicted octanol–water partition coefficient (Wildman–Crippen LogP) is 5.21. The van der Waals surface area contributed by atoms with Gasteiger partial charge in [0.15, 0.2) is 0 Å². The summed E-state index contributed by atoms with van der Waals surface area (Å²) in [5.74, 6) is 0.0156. The van der Waals surface area contributed by atoms with Crippen LogP contribution in [0.3, 0.4) is 0 Å². The summed E-state index contributed by atoms with van der Waals surface area (Å²) in [6, 6.07) is 15.9. The Labute approximate surface area is 192 Å². The fourth-order valence-electron chi connectivity index (χ4n) is 4.84. The topological polar surface area (TPSA) is 65.5 Å². The summed E-state index contributed by atoms with van der Waals surface area (Å²) < 4.78 is 1.17.